The third kappa shape index (κ3) is 3.02. The Morgan fingerprint density at radius 3 is 2.67 bits per heavy atom. The minimum Gasteiger partial charge on any atom is -0.481 e. The molecule has 1 N–H and O–H groups in total. The van der Waals surface area contributed by atoms with Gasteiger partial charge >= 0.3 is 5.97 Å². The minimum atomic E-state index is -0.999. The largest absolute Gasteiger partial charge is 0.481 e. The minimum absolute atomic E-state index is 0.0315. The smallest absolute Gasteiger partial charge is 0.309 e. The first-order valence-corrected chi connectivity index (χ1v) is 7.71. The number of benzene rings is 1. The van der Waals surface area contributed by atoms with Crippen molar-refractivity contribution in [1.29, 1.82) is 0 Å². The summed E-state index contributed by atoms with van der Waals surface area (Å²) in [5.74, 6) is -1.76. The van der Waals surface area contributed by atoms with Gasteiger partial charge in [-0.3, -0.25) is 9.59 Å². The van der Waals surface area contributed by atoms with Crippen molar-refractivity contribution in [3.8, 4) is 0 Å². The number of aromatic nitrogens is 2. The van der Waals surface area contributed by atoms with Gasteiger partial charge in [0.05, 0.1) is 5.92 Å². The number of carbonyl (C=O) groups excluding carboxylic acids is 1. The van der Waals surface area contributed by atoms with Crippen LogP contribution in [0, 0.1) is 11.7 Å². The van der Waals surface area contributed by atoms with Gasteiger partial charge in [-0.25, -0.2) is 9.37 Å². The summed E-state index contributed by atoms with van der Waals surface area (Å²) in [4.78, 5) is 29.7. The molecule has 0 saturated carbocycles. The van der Waals surface area contributed by atoms with Crippen LogP contribution in [0.2, 0.25) is 0 Å². The predicted molar refractivity (Wildman–Crippen MR) is 83.5 cm³/mol. The number of imidazole rings is 1. The number of likely N-dealkylation sites (tertiary alicyclic amines) is 1. The summed E-state index contributed by atoms with van der Waals surface area (Å²) in [6.45, 7) is 0.367. The van der Waals surface area contributed by atoms with E-state index in [9.17, 15) is 19.1 Å². The molecule has 0 spiro atoms. The van der Waals surface area contributed by atoms with Gasteiger partial charge in [-0.05, 0) is 24.1 Å². The lowest BCUT2D eigenvalue weighted by molar-refractivity contribution is -0.142. The van der Waals surface area contributed by atoms with Crippen LogP contribution < -0.4 is 0 Å². The van der Waals surface area contributed by atoms with Crippen molar-refractivity contribution < 1.29 is 19.1 Å². The SMILES string of the molecule is Cn1ccnc1[C@@H]1[C@@H](C(=O)O)CC(=O)N1CCc1ccc(F)cc1. The van der Waals surface area contributed by atoms with E-state index in [4.69, 9.17) is 0 Å². The van der Waals surface area contributed by atoms with Gasteiger partial charge in [-0.1, -0.05) is 12.1 Å². The Morgan fingerprint density at radius 2 is 2.08 bits per heavy atom. The van der Waals surface area contributed by atoms with Gasteiger partial charge in [0.25, 0.3) is 0 Å². The van der Waals surface area contributed by atoms with Gasteiger partial charge < -0.3 is 14.6 Å². The standard InChI is InChI=1S/C17H18FN3O3/c1-20-9-7-19-16(20)15-13(17(23)24)10-14(22)21(15)8-6-11-2-4-12(18)5-3-11/h2-5,7,9,13,15H,6,8,10H2,1H3,(H,23,24)/t13-,15-/m0/s1. The van der Waals surface area contributed by atoms with E-state index >= 15 is 0 Å². The number of nitrogens with zero attached hydrogens (tertiary/aromatic N) is 3. The fraction of sp³-hybridized carbons (Fsp3) is 0.353. The number of carbonyl (C=O) groups is 2. The molecular weight excluding hydrogens is 313 g/mol. The molecule has 2 atom stereocenters. The lowest BCUT2D eigenvalue weighted by Crippen LogP contribution is -2.34. The number of carboxylic acids is 1. The molecule has 0 unspecified atom stereocenters. The fourth-order valence-electron chi connectivity index (χ4n) is 3.16. The Bertz CT molecular complexity index is 757. The van der Waals surface area contributed by atoms with Crippen LogP contribution in [-0.4, -0.2) is 38.0 Å². The van der Waals surface area contributed by atoms with Crippen LogP contribution in [0.15, 0.2) is 36.7 Å². The number of carboxylic acid groups (broad SMARTS) is 1. The summed E-state index contributed by atoms with van der Waals surface area (Å²) in [6, 6.07) is 5.49. The van der Waals surface area contributed by atoms with E-state index in [1.807, 2.05) is 0 Å². The summed E-state index contributed by atoms with van der Waals surface area (Å²) in [7, 11) is 1.78. The van der Waals surface area contributed by atoms with Crippen molar-refractivity contribution in [2.45, 2.75) is 18.9 Å². The third-order valence-electron chi connectivity index (χ3n) is 4.43. The molecule has 0 radical (unpaired) electrons. The quantitative estimate of drug-likeness (QED) is 0.906. The van der Waals surface area contributed by atoms with Crippen molar-refractivity contribution in [2.24, 2.45) is 13.0 Å². The molecule has 1 fully saturated rings. The monoisotopic (exact) mass is 331 g/mol. The van der Waals surface area contributed by atoms with E-state index in [0.717, 1.165) is 5.56 Å². The van der Waals surface area contributed by atoms with Gasteiger partial charge in [-0.15, -0.1) is 0 Å². The number of hydrogen-bond acceptors (Lipinski definition) is 3. The average molecular weight is 331 g/mol. The predicted octanol–water partition coefficient (Wildman–Crippen LogP) is 1.78. The van der Waals surface area contributed by atoms with Crippen molar-refractivity contribution in [3.05, 3.63) is 53.9 Å². The van der Waals surface area contributed by atoms with E-state index in [-0.39, 0.29) is 18.1 Å². The van der Waals surface area contributed by atoms with Crippen molar-refractivity contribution in [3.63, 3.8) is 0 Å². The molecule has 0 bridgehead atoms. The maximum atomic E-state index is 13.0. The average Bonchev–Trinajstić information content (AvgIpc) is 3.10. The lowest BCUT2D eigenvalue weighted by atomic mass is 9.99. The number of rotatable bonds is 5. The third-order valence-corrected chi connectivity index (χ3v) is 4.43. The van der Waals surface area contributed by atoms with Crippen LogP contribution >= 0.6 is 0 Å². The zero-order valence-electron chi connectivity index (χ0n) is 13.2. The van der Waals surface area contributed by atoms with Crippen molar-refractivity contribution in [2.75, 3.05) is 6.54 Å². The second-order valence-electron chi connectivity index (χ2n) is 5.95. The van der Waals surface area contributed by atoms with Gasteiger partial charge in [0.2, 0.25) is 5.91 Å². The van der Waals surface area contributed by atoms with E-state index < -0.39 is 17.9 Å². The van der Waals surface area contributed by atoms with Crippen LogP contribution in [0.3, 0.4) is 0 Å². The van der Waals surface area contributed by atoms with Crippen LogP contribution in [0.25, 0.3) is 0 Å². The number of amides is 1. The Hall–Kier alpha value is -2.70. The molecular formula is C17H18FN3O3. The topological polar surface area (TPSA) is 75.4 Å². The molecule has 7 heteroatoms. The molecule has 1 aromatic heterocycles. The number of halogens is 1. The molecule has 3 rings (SSSR count). The Balaban J connectivity index is 1.83. The van der Waals surface area contributed by atoms with Crippen LogP contribution in [-0.2, 0) is 23.1 Å². The highest BCUT2D eigenvalue weighted by Gasteiger charge is 2.46. The Kier molecular flexibility index (Phi) is 4.33. The van der Waals surface area contributed by atoms with Crippen molar-refractivity contribution >= 4 is 11.9 Å². The molecule has 2 aromatic rings. The summed E-state index contributed by atoms with van der Waals surface area (Å²) >= 11 is 0. The fourth-order valence-corrected chi connectivity index (χ4v) is 3.16. The number of hydrogen-bond donors (Lipinski definition) is 1. The molecule has 1 aromatic carbocycles. The van der Waals surface area contributed by atoms with Gasteiger partial charge in [0, 0.05) is 32.4 Å². The molecule has 1 aliphatic heterocycles. The molecule has 0 aliphatic carbocycles. The highest BCUT2D eigenvalue weighted by Crippen LogP contribution is 2.37. The first kappa shape index (κ1) is 16.2. The zero-order chi connectivity index (χ0) is 17.3. The summed E-state index contributed by atoms with van der Waals surface area (Å²) in [6.07, 6.45) is 3.82. The van der Waals surface area contributed by atoms with Gasteiger partial charge in [-0.2, -0.15) is 0 Å². The van der Waals surface area contributed by atoms with Gasteiger partial charge in [0.1, 0.15) is 17.7 Å². The normalized spacial score (nSPS) is 20.6. The molecule has 126 valence electrons. The highest BCUT2D eigenvalue weighted by atomic mass is 19.1. The van der Waals surface area contributed by atoms with E-state index in [1.165, 1.54) is 12.1 Å². The number of aliphatic carboxylic acids is 1. The molecule has 1 aliphatic rings. The summed E-state index contributed by atoms with van der Waals surface area (Å²) in [5.41, 5.74) is 0.890. The Labute approximate surface area is 138 Å². The summed E-state index contributed by atoms with van der Waals surface area (Å²) < 4.78 is 14.7. The van der Waals surface area contributed by atoms with E-state index in [0.29, 0.717) is 18.8 Å². The van der Waals surface area contributed by atoms with Crippen LogP contribution in [0.4, 0.5) is 4.39 Å². The molecule has 1 amide bonds. The van der Waals surface area contributed by atoms with Crippen molar-refractivity contribution in [1.82, 2.24) is 14.5 Å². The van der Waals surface area contributed by atoms with E-state index in [2.05, 4.69) is 4.98 Å². The molecule has 24 heavy (non-hydrogen) atoms. The Morgan fingerprint density at radius 1 is 1.38 bits per heavy atom. The summed E-state index contributed by atoms with van der Waals surface area (Å²) in [5, 5.41) is 9.47. The van der Waals surface area contributed by atoms with Crippen LogP contribution in [0.5, 0.6) is 0 Å². The first-order valence-electron chi connectivity index (χ1n) is 7.71. The first-order chi connectivity index (χ1) is 11.5. The molecule has 1 saturated heterocycles. The second-order valence-corrected chi connectivity index (χ2v) is 5.95. The molecule has 2 heterocycles. The van der Waals surface area contributed by atoms with Gasteiger partial charge in [0.15, 0.2) is 0 Å². The zero-order valence-corrected chi connectivity index (χ0v) is 13.2. The highest BCUT2D eigenvalue weighted by molar-refractivity contribution is 5.87. The lowest BCUT2D eigenvalue weighted by Gasteiger charge is -2.26. The maximum Gasteiger partial charge on any atom is 0.309 e. The van der Waals surface area contributed by atoms with Crippen LogP contribution in [0.1, 0.15) is 23.9 Å². The number of aryl methyl sites for hydroxylation is 1. The molecule has 6 nitrogen and oxygen atoms in total. The second kappa shape index (κ2) is 6.43. The maximum absolute atomic E-state index is 13.0. The van der Waals surface area contributed by atoms with E-state index in [1.54, 1.807) is 41.0 Å².